The van der Waals surface area contributed by atoms with Crippen molar-refractivity contribution in [3.8, 4) is 0 Å². The fourth-order valence-electron chi connectivity index (χ4n) is 4.70. The molecular formula is C31H41N7O6S. The molecule has 13 nitrogen and oxygen atoms in total. The molecule has 1 aromatic carbocycles. The highest BCUT2D eigenvalue weighted by molar-refractivity contribution is 8.11. The standard InChI is InChI=1S/C31H41N7O6S/c1-6-37(19-24(39)28(42)35-20(2)21-11-8-7-9-12-21)45-30(44)23-13-10-16-38(23)29(43)26(31(3,4)5)36-25(40)18-34-27(41)22-17-32-14-15-33-22/h7-9,11-12,14-15,17,20,23,26H,6,10,13,16,18-19H2,1-5H3,(H,34,41)(H,35,42)(H,36,40)/t20-,23?,26?/m1/s1. The maximum absolute atomic E-state index is 13.8. The number of carbonyl (C=O) groups excluding carboxylic acids is 6. The maximum Gasteiger partial charge on any atom is 0.289 e. The highest BCUT2D eigenvalue weighted by Gasteiger charge is 2.42. The van der Waals surface area contributed by atoms with E-state index in [0.29, 0.717) is 25.9 Å². The molecule has 3 N–H and O–H groups in total. The number of nitrogens with one attached hydrogen (secondary N) is 3. The summed E-state index contributed by atoms with van der Waals surface area (Å²) in [5, 5.41) is 7.55. The fourth-order valence-corrected chi connectivity index (χ4v) is 5.63. The number of likely N-dealkylation sites (N-methyl/N-ethyl adjacent to an activating group) is 1. The number of benzene rings is 1. The van der Waals surface area contributed by atoms with Gasteiger partial charge in [-0.05, 0) is 42.7 Å². The number of Topliss-reactive ketones (excluding diaryl/α,β-unsaturated/α-hetero) is 1. The summed E-state index contributed by atoms with van der Waals surface area (Å²) in [6.07, 6.45) is 5.07. The van der Waals surface area contributed by atoms with Gasteiger partial charge in [-0.25, -0.2) is 9.29 Å². The van der Waals surface area contributed by atoms with Crippen LogP contribution in [0.2, 0.25) is 0 Å². The van der Waals surface area contributed by atoms with Crippen LogP contribution in [-0.2, 0) is 24.0 Å². The van der Waals surface area contributed by atoms with Crippen molar-refractivity contribution in [1.82, 2.24) is 35.1 Å². The topological polar surface area (TPSA) is 171 Å². The summed E-state index contributed by atoms with van der Waals surface area (Å²) >= 11 is 0.820. The first-order valence-electron chi connectivity index (χ1n) is 14.8. The fraction of sp³-hybridized carbons (Fsp3) is 0.484. The number of likely N-dealkylation sites (tertiary alicyclic amines) is 1. The first-order chi connectivity index (χ1) is 21.3. The highest BCUT2D eigenvalue weighted by Crippen LogP contribution is 2.29. The van der Waals surface area contributed by atoms with Gasteiger partial charge in [0.05, 0.1) is 25.3 Å². The van der Waals surface area contributed by atoms with Crippen molar-refractivity contribution in [2.75, 3.05) is 26.2 Å². The van der Waals surface area contributed by atoms with Gasteiger partial charge in [0.2, 0.25) is 22.7 Å². The summed E-state index contributed by atoms with van der Waals surface area (Å²) in [7, 11) is 0. The lowest BCUT2D eigenvalue weighted by molar-refractivity contribution is -0.141. The molecule has 1 fully saturated rings. The average molecular weight is 640 g/mol. The number of carbonyl (C=O) groups is 6. The van der Waals surface area contributed by atoms with Gasteiger partial charge in [0, 0.05) is 25.5 Å². The quantitative estimate of drug-likeness (QED) is 0.216. The second-order valence-electron chi connectivity index (χ2n) is 11.7. The Kier molecular flexibility index (Phi) is 12.7. The summed E-state index contributed by atoms with van der Waals surface area (Å²) in [5.74, 6) is -3.00. The van der Waals surface area contributed by atoms with Crippen LogP contribution in [0.4, 0.5) is 0 Å². The van der Waals surface area contributed by atoms with Gasteiger partial charge in [-0.1, -0.05) is 58.0 Å². The van der Waals surface area contributed by atoms with Crippen LogP contribution in [0.15, 0.2) is 48.9 Å². The Balaban J connectivity index is 1.59. The lowest BCUT2D eigenvalue weighted by Crippen LogP contribution is -2.57. The van der Waals surface area contributed by atoms with E-state index in [2.05, 4.69) is 25.9 Å². The molecule has 45 heavy (non-hydrogen) atoms. The molecule has 3 atom stereocenters. The van der Waals surface area contributed by atoms with Crippen LogP contribution >= 0.6 is 11.9 Å². The van der Waals surface area contributed by atoms with Crippen LogP contribution in [0.25, 0.3) is 0 Å². The van der Waals surface area contributed by atoms with Gasteiger partial charge in [-0.2, -0.15) is 0 Å². The third kappa shape index (κ3) is 10.2. The first-order valence-corrected chi connectivity index (χ1v) is 15.6. The largest absolute Gasteiger partial charge is 0.343 e. The van der Waals surface area contributed by atoms with E-state index in [0.717, 1.165) is 17.5 Å². The minimum Gasteiger partial charge on any atom is -0.343 e. The number of amides is 4. The molecule has 0 bridgehead atoms. The molecule has 0 spiro atoms. The van der Waals surface area contributed by atoms with Crippen LogP contribution in [-0.4, -0.2) is 92.0 Å². The molecule has 3 rings (SSSR count). The predicted octanol–water partition coefficient (Wildman–Crippen LogP) is 1.67. The molecular weight excluding hydrogens is 598 g/mol. The average Bonchev–Trinajstić information content (AvgIpc) is 3.52. The Labute approximate surface area is 267 Å². The molecule has 1 aliphatic heterocycles. The van der Waals surface area contributed by atoms with Gasteiger partial charge < -0.3 is 20.9 Å². The van der Waals surface area contributed by atoms with Crippen molar-refractivity contribution in [3.63, 3.8) is 0 Å². The monoisotopic (exact) mass is 639 g/mol. The minimum atomic E-state index is -0.976. The van der Waals surface area contributed by atoms with Crippen molar-refractivity contribution >= 4 is 46.5 Å². The zero-order chi connectivity index (χ0) is 33.1. The van der Waals surface area contributed by atoms with E-state index in [9.17, 15) is 28.8 Å². The molecule has 14 heteroatoms. The van der Waals surface area contributed by atoms with E-state index < -0.39 is 46.9 Å². The van der Waals surface area contributed by atoms with Gasteiger partial charge in [0.15, 0.2) is 0 Å². The van der Waals surface area contributed by atoms with Crippen molar-refractivity contribution in [2.24, 2.45) is 5.41 Å². The summed E-state index contributed by atoms with van der Waals surface area (Å²) in [5.41, 5.74) is 0.199. The molecule has 2 aromatic rings. The number of hydrogen-bond donors (Lipinski definition) is 3. The lowest BCUT2D eigenvalue weighted by Gasteiger charge is -2.35. The number of ketones is 1. The Morgan fingerprint density at radius 3 is 2.40 bits per heavy atom. The van der Waals surface area contributed by atoms with Crippen molar-refractivity contribution < 1.29 is 28.8 Å². The zero-order valence-electron chi connectivity index (χ0n) is 26.2. The second kappa shape index (κ2) is 16.2. The number of nitrogens with zero attached hydrogens (tertiary/aromatic N) is 4. The lowest BCUT2D eigenvalue weighted by atomic mass is 9.85. The van der Waals surface area contributed by atoms with Gasteiger partial charge >= 0.3 is 0 Å². The first kappa shape index (κ1) is 35.3. The summed E-state index contributed by atoms with van der Waals surface area (Å²) in [4.78, 5) is 86.7. The van der Waals surface area contributed by atoms with Crippen molar-refractivity contribution in [2.45, 2.75) is 65.6 Å². The van der Waals surface area contributed by atoms with Gasteiger partial charge in [0.25, 0.3) is 11.8 Å². The minimum absolute atomic E-state index is 0.0508. The van der Waals surface area contributed by atoms with E-state index >= 15 is 0 Å². The van der Waals surface area contributed by atoms with E-state index in [1.807, 2.05) is 30.3 Å². The maximum atomic E-state index is 13.8. The normalized spacial score (nSPS) is 16.0. The molecule has 1 aliphatic rings. The van der Waals surface area contributed by atoms with Crippen LogP contribution in [0.3, 0.4) is 0 Å². The molecule has 1 saturated heterocycles. The molecule has 2 heterocycles. The number of rotatable bonds is 13. The molecule has 0 radical (unpaired) electrons. The van der Waals surface area contributed by atoms with E-state index in [-0.39, 0.29) is 29.9 Å². The van der Waals surface area contributed by atoms with Crippen molar-refractivity contribution in [1.29, 1.82) is 0 Å². The summed E-state index contributed by atoms with van der Waals surface area (Å²) in [6.45, 7) is 8.91. The zero-order valence-corrected chi connectivity index (χ0v) is 27.1. The van der Waals surface area contributed by atoms with Gasteiger partial charge in [-0.15, -0.1) is 0 Å². The SMILES string of the molecule is CCN(CC(=O)C(=O)N[C@H](C)c1ccccc1)SC(=O)C1CCCN1C(=O)C(NC(=O)CNC(=O)c1cnccn1)C(C)(C)C. The Hall–Kier alpha value is -4.17. The highest BCUT2D eigenvalue weighted by atomic mass is 32.2. The van der Waals surface area contributed by atoms with Gasteiger partial charge in [0.1, 0.15) is 17.8 Å². The Bertz CT molecular complexity index is 1370. The van der Waals surface area contributed by atoms with Gasteiger partial charge in [-0.3, -0.25) is 33.8 Å². The molecule has 0 aliphatic carbocycles. The molecule has 242 valence electrons. The third-order valence-electron chi connectivity index (χ3n) is 7.22. The summed E-state index contributed by atoms with van der Waals surface area (Å²) < 4.78 is 1.50. The second-order valence-corrected chi connectivity index (χ2v) is 12.8. The van der Waals surface area contributed by atoms with Crippen LogP contribution < -0.4 is 16.0 Å². The summed E-state index contributed by atoms with van der Waals surface area (Å²) in [6, 6.07) is 7.15. The Morgan fingerprint density at radius 2 is 1.78 bits per heavy atom. The smallest absolute Gasteiger partial charge is 0.289 e. The third-order valence-corrected chi connectivity index (χ3v) is 8.32. The Morgan fingerprint density at radius 1 is 1.07 bits per heavy atom. The molecule has 2 unspecified atom stereocenters. The van der Waals surface area contributed by atoms with E-state index in [1.165, 1.54) is 27.8 Å². The van der Waals surface area contributed by atoms with Crippen LogP contribution in [0, 0.1) is 5.41 Å². The van der Waals surface area contributed by atoms with Crippen molar-refractivity contribution in [3.05, 3.63) is 60.2 Å². The number of aromatic nitrogens is 2. The van der Waals surface area contributed by atoms with Crippen LogP contribution in [0.5, 0.6) is 0 Å². The van der Waals surface area contributed by atoms with E-state index in [1.54, 1.807) is 34.6 Å². The molecule has 1 aromatic heterocycles. The predicted molar refractivity (Wildman–Crippen MR) is 168 cm³/mol. The molecule has 0 saturated carbocycles. The number of hydrogen-bond acceptors (Lipinski definition) is 10. The van der Waals surface area contributed by atoms with Crippen LogP contribution in [0.1, 0.15) is 69.6 Å². The van der Waals surface area contributed by atoms with E-state index in [4.69, 9.17) is 0 Å². The molecule has 4 amide bonds.